The number of nitrogens with one attached hydrogen (secondary N) is 1. The number of carbonyl (C=O) groups excluding carboxylic acids is 1. The molecule has 2 aliphatic rings. The van der Waals surface area contributed by atoms with Gasteiger partial charge in [0, 0.05) is 17.2 Å². The summed E-state index contributed by atoms with van der Waals surface area (Å²) in [6.45, 7) is 0.789. The van der Waals surface area contributed by atoms with Gasteiger partial charge in [-0.2, -0.15) is 0 Å². The van der Waals surface area contributed by atoms with E-state index in [4.69, 9.17) is 0 Å². The van der Waals surface area contributed by atoms with Crippen LogP contribution in [0, 0.1) is 5.92 Å². The van der Waals surface area contributed by atoms with Crippen LogP contribution in [0.2, 0.25) is 0 Å². The number of halogens is 1. The van der Waals surface area contributed by atoms with Crippen LogP contribution in [0.15, 0.2) is 16.7 Å². The molecule has 1 amide bonds. The maximum absolute atomic E-state index is 11.5. The van der Waals surface area contributed by atoms with Gasteiger partial charge in [-0.15, -0.1) is 0 Å². The van der Waals surface area contributed by atoms with E-state index in [1.54, 1.807) is 0 Å². The van der Waals surface area contributed by atoms with Crippen LogP contribution in [0.3, 0.4) is 0 Å². The van der Waals surface area contributed by atoms with E-state index < -0.39 is 0 Å². The van der Waals surface area contributed by atoms with Gasteiger partial charge in [0.15, 0.2) is 0 Å². The smallest absolute Gasteiger partial charge is 0.268 e. The lowest BCUT2D eigenvalue weighted by Gasteiger charge is -2.26. The molecule has 0 aromatic carbocycles. The quantitative estimate of drug-likeness (QED) is 0.817. The van der Waals surface area contributed by atoms with Gasteiger partial charge in [0.25, 0.3) is 5.91 Å². The minimum Gasteiger partial charge on any atom is -0.349 e. The number of nitrogens with zero attached hydrogens (tertiary/aromatic N) is 1. The van der Waals surface area contributed by atoms with Gasteiger partial charge < -0.3 is 9.88 Å². The van der Waals surface area contributed by atoms with Crippen molar-refractivity contribution >= 4 is 21.8 Å². The van der Waals surface area contributed by atoms with Crippen LogP contribution >= 0.6 is 15.9 Å². The largest absolute Gasteiger partial charge is 0.349 e. The Morgan fingerprint density at radius 1 is 1.50 bits per heavy atom. The Hall–Kier alpha value is -0.770. The van der Waals surface area contributed by atoms with E-state index in [2.05, 4.69) is 25.8 Å². The zero-order chi connectivity index (χ0) is 9.71. The lowest BCUT2D eigenvalue weighted by atomic mass is 10.1. The highest BCUT2D eigenvalue weighted by atomic mass is 79.9. The maximum atomic E-state index is 11.5. The molecule has 14 heavy (non-hydrogen) atoms. The SMILES string of the molecule is O=C1NCC(C2CC2)n2cc(Br)cc21. The summed E-state index contributed by atoms with van der Waals surface area (Å²) in [6, 6.07) is 2.37. The van der Waals surface area contributed by atoms with E-state index >= 15 is 0 Å². The van der Waals surface area contributed by atoms with Crippen LogP contribution in [0.1, 0.15) is 29.4 Å². The number of carbonyl (C=O) groups is 1. The molecule has 0 radical (unpaired) electrons. The summed E-state index contributed by atoms with van der Waals surface area (Å²) < 4.78 is 3.12. The molecule has 4 heteroatoms. The molecule has 3 rings (SSSR count). The summed E-state index contributed by atoms with van der Waals surface area (Å²) >= 11 is 3.42. The molecular weight excluding hydrogens is 244 g/mol. The van der Waals surface area contributed by atoms with Crippen molar-refractivity contribution in [3.05, 3.63) is 22.4 Å². The second-order valence-electron chi connectivity index (χ2n) is 4.07. The van der Waals surface area contributed by atoms with Gasteiger partial charge in [0.1, 0.15) is 5.69 Å². The van der Waals surface area contributed by atoms with Crippen molar-refractivity contribution in [1.29, 1.82) is 0 Å². The average Bonchev–Trinajstić information content (AvgIpc) is 2.89. The minimum atomic E-state index is 0.0487. The lowest BCUT2D eigenvalue weighted by molar-refractivity contribution is 0.0911. The zero-order valence-corrected chi connectivity index (χ0v) is 9.25. The van der Waals surface area contributed by atoms with Gasteiger partial charge in [-0.05, 0) is 40.8 Å². The van der Waals surface area contributed by atoms with Crippen LogP contribution in [0.4, 0.5) is 0 Å². The molecule has 1 atom stereocenters. The molecular formula is C10H11BrN2O. The molecule has 0 spiro atoms. The van der Waals surface area contributed by atoms with Crippen molar-refractivity contribution < 1.29 is 4.79 Å². The molecule has 74 valence electrons. The molecule has 2 heterocycles. The number of hydrogen-bond acceptors (Lipinski definition) is 1. The molecule has 0 bridgehead atoms. The first-order valence-electron chi connectivity index (χ1n) is 4.91. The van der Waals surface area contributed by atoms with Crippen LogP contribution in [0.5, 0.6) is 0 Å². The normalized spacial score (nSPS) is 25.8. The van der Waals surface area contributed by atoms with Crippen molar-refractivity contribution in [3.63, 3.8) is 0 Å². The van der Waals surface area contributed by atoms with Gasteiger partial charge in [-0.1, -0.05) is 0 Å². The van der Waals surface area contributed by atoms with Crippen LogP contribution < -0.4 is 5.32 Å². The summed E-state index contributed by atoms with van der Waals surface area (Å²) in [6.07, 6.45) is 4.63. The summed E-state index contributed by atoms with van der Waals surface area (Å²) in [5.41, 5.74) is 0.792. The summed E-state index contributed by atoms with van der Waals surface area (Å²) in [7, 11) is 0. The Morgan fingerprint density at radius 2 is 2.29 bits per heavy atom. The van der Waals surface area contributed by atoms with Crippen molar-refractivity contribution in [1.82, 2.24) is 9.88 Å². The van der Waals surface area contributed by atoms with E-state index in [0.717, 1.165) is 22.6 Å². The molecule has 1 aromatic rings. The van der Waals surface area contributed by atoms with Crippen LogP contribution in [0.25, 0.3) is 0 Å². The van der Waals surface area contributed by atoms with Crippen LogP contribution in [-0.2, 0) is 0 Å². The fourth-order valence-corrected chi connectivity index (χ4v) is 2.60. The van der Waals surface area contributed by atoms with Crippen molar-refractivity contribution in [2.75, 3.05) is 6.54 Å². The average molecular weight is 255 g/mol. The van der Waals surface area contributed by atoms with Crippen molar-refractivity contribution in [2.24, 2.45) is 5.92 Å². The number of hydrogen-bond donors (Lipinski definition) is 1. The molecule has 0 saturated heterocycles. The van der Waals surface area contributed by atoms with Gasteiger partial charge >= 0.3 is 0 Å². The van der Waals surface area contributed by atoms with E-state index in [9.17, 15) is 4.79 Å². The van der Waals surface area contributed by atoms with Crippen molar-refractivity contribution in [2.45, 2.75) is 18.9 Å². The lowest BCUT2D eigenvalue weighted by Crippen LogP contribution is -2.39. The van der Waals surface area contributed by atoms with E-state index in [-0.39, 0.29) is 5.91 Å². The van der Waals surface area contributed by atoms with Gasteiger partial charge in [0.2, 0.25) is 0 Å². The minimum absolute atomic E-state index is 0.0487. The first-order valence-corrected chi connectivity index (χ1v) is 5.70. The molecule has 3 nitrogen and oxygen atoms in total. The standard InChI is InChI=1S/C10H11BrN2O/c11-7-3-8-10(14)12-4-9(6-1-2-6)13(8)5-7/h3,5-6,9H,1-2,4H2,(H,12,14). The fourth-order valence-electron chi connectivity index (χ4n) is 2.16. The Morgan fingerprint density at radius 3 is 3.00 bits per heavy atom. The third-order valence-corrected chi connectivity index (χ3v) is 3.48. The molecule has 1 saturated carbocycles. The highest BCUT2D eigenvalue weighted by molar-refractivity contribution is 9.10. The third-order valence-electron chi connectivity index (χ3n) is 3.04. The molecule has 1 fully saturated rings. The zero-order valence-electron chi connectivity index (χ0n) is 7.66. The molecule has 1 aliphatic heterocycles. The number of fused-ring (bicyclic) bond motifs is 1. The molecule has 1 N–H and O–H groups in total. The first-order chi connectivity index (χ1) is 6.75. The Balaban J connectivity index is 2.06. The number of rotatable bonds is 1. The Bertz CT molecular complexity index is 395. The Labute approximate surface area is 90.6 Å². The number of amides is 1. The number of aromatic nitrogens is 1. The van der Waals surface area contributed by atoms with E-state index in [0.29, 0.717) is 6.04 Å². The predicted molar refractivity (Wildman–Crippen MR) is 56.2 cm³/mol. The molecule has 1 aromatic heterocycles. The maximum Gasteiger partial charge on any atom is 0.268 e. The second kappa shape index (κ2) is 2.86. The van der Waals surface area contributed by atoms with E-state index in [1.807, 2.05) is 12.3 Å². The first kappa shape index (κ1) is 8.53. The fraction of sp³-hybridized carbons (Fsp3) is 0.500. The van der Waals surface area contributed by atoms with Gasteiger partial charge in [0.05, 0.1) is 6.04 Å². The predicted octanol–water partition coefficient (Wildman–Crippen LogP) is 1.95. The monoisotopic (exact) mass is 254 g/mol. The summed E-state index contributed by atoms with van der Waals surface area (Å²) in [5.74, 6) is 0.821. The van der Waals surface area contributed by atoms with Crippen LogP contribution in [-0.4, -0.2) is 17.0 Å². The Kier molecular flexibility index (Phi) is 1.74. The highest BCUT2D eigenvalue weighted by Crippen LogP contribution is 2.41. The van der Waals surface area contributed by atoms with Gasteiger partial charge in [-0.25, -0.2) is 0 Å². The molecule has 1 aliphatic carbocycles. The van der Waals surface area contributed by atoms with Crippen molar-refractivity contribution in [3.8, 4) is 0 Å². The summed E-state index contributed by atoms with van der Waals surface area (Å²) in [4.78, 5) is 11.5. The second-order valence-corrected chi connectivity index (χ2v) is 4.98. The summed E-state index contributed by atoms with van der Waals surface area (Å²) in [5, 5.41) is 2.94. The molecule has 1 unspecified atom stereocenters. The topological polar surface area (TPSA) is 34.0 Å². The van der Waals surface area contributed by atoms with Gasteiger partial charge in [-0.3, -0.25) is 4.79 Å². The highest BCUT2D eigenvalue weighted by Gasteiger charge is 2.36. The third kappa shape index (κ3) is 1.21. The van der Waals surface area contributed by atoms with E-state index in [1.165, 1.54) is 12.8 Å².